The summed E-state index contributed by atoms with van der Waals surface area (Å²) in [5.41, 5.74) is 14.4. The molecule has 5 heteroatoms. The smallest absolute Gasteiger partial charge is 0.0707 e. The zero-order chi connectivity index (χ0) is 13.7. The van der Waals surface area contributed by atoms with Gasteiger partial charge in [-0.3, -0.25) is 10.4 Å². The number of anilines is 2. The van der Waals surface area contributed by atoms with E-state index in [2.05, 4.69) is 10.3 Å². The number of hydrogen-bond acceptors (Lipinski definition) is 5. The van der Waals surface area contributed by atoms with Gasteiger partial charge in [-0.1, -0.05) is 0 Å². The standard InChI is InChI=1S/C14H15N5/c15-5-8-19-11-1-2-13(16)12(9-11)14(17)10-3-6-18-7-4-10/h1-9,17,19H,15-16H2/b8-5-,17-14?. The average molecular weight is 253 g/mol. The summed E-state index contributed by atoms with van der Waals surface area (Å²) in [5.74, 6) is 0. The number of nitrogens with two attached hydrogens (primary N) is 2. The summed E-state index contributed by atoms with van der Waals surface area (Å²) in [6, 6.07) is 8.97. The number of nitrogens with zero attached hydrogens (tertiary/aromatic N) is 1. The van der Waals surface area contributed by atoms with Crippen LogP contribution >= 0.6 is 0 Å². The van der Waals surface area contributed by atoms with Crippen LogP contribution in [0.3, 0.4) is 0 Å². The Balaban J connectivity index is 2.36. The van der Waals surface area contributed by atoms with Gasteiger partial charge in [-0.25, -0.2) is 0 Å². The van der Waals surface area contributed by atoms with Gasteiger partial charge in [0, 0.05) is 47.3 Å². The van der Waals surface area contributed by atoms with Gasteiger partial charge in [-0.05, 0) is 30.3 Å². The van der Waals surface area contributed by atoms with Crippen molar-refractivity contribution in [2.45, 2.75) is 0 Å². The van der Waals surface area contributed by atoms with Crippen LogP contribution in [0.2, 0.25) is 0 Å². The lowest BCUT2D eigenvalue weighted by molar-refractivity contribution is 1.31. The van der Waals surface area contributed by atoms with Crippen molar-refractivity contribution in [2.75, 3.05) is 11.1 Å². The molecule has 5 nitrogen and oxygen atoms in total. The molecular weight excluding hydrogens is 238 g/mol. The van der Waals surface area contributed by atoms with Crippen LogP contribution < -0.4 is 16.8 Å². The van der Waals surface area contributed by atoms with Gasteiger partial charge >= 0.3 is 0 Å². The third-order valence-corrected chi connectivity index (χ3v) is 2.64. The highest BCUT2D eigenvalue weighted by Crippen LogP contribution is 2.21. The Hall–Kier alpha value is -2.82. The van der Waals surface area contributed by atoms with Gasteiger partial charge in [0.2, 0.25) is 0 Å². The van der Waals surface area contributed by atoms with E-state index in [1.54, 1.807) is 36.8 Å². The fraction of sp³-hybridized carbons (Fsp3) is 0. The molecule has 6 N–H and O–H groups in total. The number of benzene rings is 1. The van der Waals surface area contributed by atoms with Crippen molar-refractivity contribution in [2.24, 2.45) is 5.73 Å². The molecular formula is C14H15N5. The van der Waals surface area contributed by atoms with Gasteiger partial charge in [0.25, 0.3) is 0 Å². The zero-order valence-corrected chi connectivity index (χ0v) is 10.3. The summed E-state index contributed by atoms with van der Waals surface area (Å²) in [5, 5.41) is 11.2. The quantitative estimate of drug-likeness (QED) is 0.494. The van der Waals surface area contributed by atoms with Gasteiger partial charge in [0.15, 0.2) is 0 Å². The zero-order valence-electron chi connectivity index (χ0n) is 10.3. The Morgan fingerprint density at radius 3 is 2.63 bits per heavy atom. The molecule has 96 valence electrons. The van der Waals surface area contributed by atoms with E-state index in [0.29, 0.717) is 17.0 Å². The fourth-order valence-corrected chi connectivity index (χ4v) is 1.68. The highest BCUT2D eigenvalue weighted by Gasteiger charge is 2.09. The van der Waals surface area contributed by atoms with E-state index < -0.39 is 0 Å². The highest BCUT2D eigenvalue weighted by molar-refractivity contribution is 6.14. The number of rotatable bonds is 4. The van der Waals surface area contributed by atoms with E-state index in [4.69, 9.17) is 16.9 Å². The Bertz CT molecular complexity index is 604. The van der Waals surface area contributed by atoms with Crippen molar-refractivity contribution in [1.82, 2.24) is 4.98 Å². The van der Waals surface area contributed by atoms with Gasteiger partial charge in [-0.15, -0.1) is 0 Å². The lowest BCUT2D eigenvalue weighted by atomic mass is 10.0. The van der Waals surface area contributed by atoms with Gasteiger partial charge in [-0.2, -0.15) is 0 Å². The topological polar surface area (TPSA) is 101 Å². The molecule has 0 atom stereocenters. The molecule has 0 aliphatic carbocycles. The van der Waals surface area contributed by atoms with Crippen LogP contribution in [0.5, 0.6) is 0 Å². The first-order valence-electron chi connectivity index (χ1n) is 5.74. The second-order valence-electron chi connectivity index (χ2n) is 3.92. The van der Waals surface area contributed by atoms with Crippen LogP contribution in [0.25, 0.3) is 0 Å². The molecule has 0 saturated heterocycles. The first kappa shape index (κ1) is 12.6. The Labute approximate surface area is 111 Å². The molecule has 0 aliphatic heterocycles. The third-order valence-electron chi connectivity index (χ3n) is 2.64. The first-order chi connectivity index (χ1) is 9.22. The number of hydrogen-bond donors (Lipinski definition) is 4. The normalized spacial score (nSPS) is 10.5. The number of pyridine rings is 1. The molecule has 2 rings (SSSR count). The van der Waals surface area contributed by atoms with Crippen LogP contribution in [0.1, 0.15) is 11.1 Å². The molecule has 0 spiro atoms. The summed E-state index contributed by atoms with van der Waals surface area (Å²) >= 11 is 0. The molecule has 0 radical (unpaired) electrons. The van der Waals surface area contributed by atoms with Crippen LogP contribution in [0.15, 0.2) is 55.1 Å². The van der Waals surface area contributed by atoms with E-state index in [9.17, 15) is 0 Å². The molecule has 0 amide bonds. The van der Waals surface area contributed by atoms with Crippen molar-refractivity contribution < 1.29 is 0 Å². The molecule has 1 heterocycles. The lowest BCUT2D eigenvalue weighted by Crippen LogP contribution is -2.06. The molecule has 0 aliphatic rings. The summed E-state index contributed by atoms with van der Waals surface area (Å²) in [4.78, 5) is 3.94. The Morgan fingerprint density at radius 2 is 1.95 bits per heavy atom. The minimum Gasteiger partial charge on any atom is -0.403 e. The summed E-state index contributed by atoms with van der Waals surface area (Å²) in [7, 11) is 0. The minimum atomic E-state index is 0.361. The highest BCUT2D eigenvalue weighted by atomic mass is 14.8. The minimum absolute atomic E-state index is 0.361. The first-order valence-corrected chi connectivity index (χ1v) is 5.74. The summed E-state index contributed by atoms with van der Waals surface area (Å²) < 4.78 is 0. The maximum absolute atomic E-state index is 8.21. The molecule has 2 aromatic rings. The van der Waals surface area contributed by atoms with Crippen molar-refractivity contribution >= 4 is 17.1 Å². The summed E-state index contributed by atoms with van der Waals surface area (Å²) in [6.07, 6.45) is 6.33. The Morgan fingerprint density at radius 1 is 1.21 bits per heavy atom. The number of aromatic nitrogens is 1. The van der Waals surface area contributed by atoms with E-state index in [0.717, 1.165) is 11.3 Å². The van der Waals surface area contributed by atoms with Crippen molar-refractivity contribution in [3.8, 4) is 0 Å². The second kappa shape index (κ2) is 5.68. The van der Waals surface area contributed by atoms with Crippen molar-refractivity contribution in [1.29, 1.82) is 5.41 Å². The van der Waals surface area contributed by atoms with Gasteiger partial charge < -0.3 is 16.8 Å². The van der Waals surface area contributed by atoms with Crippen LogP contribution in [-0.4, -0.2) is 10.7 Å². The monoisotopic (exact) mass is 253 g/mol. The predicted molar refractivity (Wildman–Crippen MR) is 78.0 cm³/mol. The van der Waals surface area contributed by atoms with Crippen LogP contribution in [-0.2, 0) is 0 Å². The number of nitrogen functional groups attached to an aromatic ring is 1. The van der Waals surface area contributed by atoms with E-state index in [1.165, 1.54) is 6.20 Å². The number of nitrogens with one attached hydrogen (secondary N) is 2. The molecule has 1 aromatic carbocycles. The molecule has 19 heavy (non-hydrogen) atoms. The maximum atomic E-state index is 8.21. The van der Waals surface area contributed by atoms with Crippen LogP contribution in [0, 0.1) is 5.41 Å². The van der Waals surface area contributed by atoms with Crippen LogP contribution in [0.4, 0.5) is 11.4 Å². The van der Waals surface area contributed by atoms with Gasteiger partial charge in [0.05, 0.1) is 5.71 Å². The second-order valence-corrected chi connectivity index (χ2v) is 3.92. The predicted octanol–water partition coefficient (Wildman–Crippen LogP) is 1.92. The maximum Gasteiger partial charge on any atom is 0.0707 e. The SMILES string of the molecule is N=C(c1ccncc1)c1cc(N/C=C\N)ccc1N. The lowest BCUT2D eigenvalue weighted by Gasteiger charge is -2.10. The Kier molecular flexibility index (Phi) is 3.78. The van der Waals surface area contributed by atoms with E-state index >= 15 is 0 Å². The molecule has 0 unspecified atom stereocenters. The molecule has 0 bridgehead atoms. The van der Waals surface area contributed by atoms with E-state index in [1.807, 2.05) is 12.1 Å². The fourth-order valence-electron chi connectivity index (χ4n) is 1.68. The molecule has 0 saturated carbocycles. The average Bonchev–Trinajstić information content (AvgIpc) is 2.46. The van der Waals surface area contributed by atoms with Crippen molar-refractivity contribution in [3.05, 3.63) is 66.3 Å². The van der Waals surface area contributed by atoms with E-state index in [-0.39, 0.29) is 0 Å². The third kappa shape index (κ3) is 2.90. The summed E-state index contributed by atoms with van der Waals surface area (Å²) in [6.45, 7) is 0. The van der Waals surface area contributed by atoms with Crippen molar-refractivity contribution in [3.63, 3.8) is 0 Å². The largest absolute Gasteiger partial charge is 0.403 e. The van der Waals surface area contributed by atoms with Gasteiger partial charge in [0.1, 0.15) is 0 Å². The molecule has 0 fully saturated rings. The molecule has 1 aromatic heterocycles.